The van der Waals surface area contributed by atoms with Gasteiger partial charge in [0.2, 0.25) is 27.2 Å². The normalized spacial score (nSPS) is 17.7. The molecule has 4 heterocycles. The van der Waals surface area contributed by atoms with E-state index in [2.05, 4.69) is 176 Å². The molecule has 0 spiro atoms. The minimum atomic E-state index is -2.00. The van der Waals surface area contributed by atoms with Crippen LogP contribution < -0.4 is 37.9 Å². The van der Waals surface area contributed by atoms with Crippen LogP contribution in [-0.4, -0.2) is 59.5 Å². The van der Waals surface area contributed by atoms with E-state index in [4.69, 9.17) is 37.9 Å². The highest BCUT2D eigenvalue weighted by Gasteiger charge is 2.42. The van der Waals surface area contributed by atoms with Crippen molar-refractivity contribution in [3.8, 4) is 91.9 Å². The molecule has 4 aliphatic heterocycles. The summed E-state index contributed by atoms with van der Waals surface area (Å²) in [5, 5.41) is 0. The van der Waals surface area contributed by atoms with Gasteiger partial charge in [0.05, 0.1) is 0 Å². The average molecular weight is 1260 g/mol. The van der Waals surface area contributed by atoms with Crippen molar-refractivity contribution in [1.82, 2.24) is 0 Å². The number of benzene rings is 4. The van der Waals surface area contributed by atoms with Gasteiger partial charge >= 0.3 is 0 Å². The maximum atomic E-state index is 7.23. The number of hydrogen-bond donors (Lipinski definition) is 0. The van der Waals surface area contributed by atoms with Gasteiger partial charge in [0, 0.05) is 68.2 Å². The van der Waals surface area contributed by atoms with Crippen LogP contribution in [0.5, 0.6) is 46.0 Å². The largest absolute Gasteiger partial charge is 0.456 e. The molecule has 5 aliphatic rings. The Balaban J connectivity index is 1.57. The van der Waals surface area contributed by atoms with Gasteiger partial charge in [-0.3, -0.25) is 0 Å². The summed E-state index contributed by atoms with van der Waals surface area (Å²) in [7, 11) is -8.00. The maximum Gasteiger partial charge on any atom is 0.231 e. The Kier molecular flexibility index (Phi) is 22.1. The molecule has 0 aromatic heterocycles. The zero-order chi connectivity index (χ0) is 63.0. The Labute approximate surface area is 535 Å². The van der Waals surface area contributed by atoms with E-state index in [1.165, 1.54) is 0 Å². The smallest absolute Gasteiger partial charge is 0.231 e. The highest BCUT2D eigenvalue weighted by Crippen LogP contribution is 2.58. The standard InChI is InChI=1S/C76H104O8Si4/c1-17-21-25-29-33-53-61-45-63-54(34-30-26-22-18-2)65-47-67-56(36-32-28-24-20-4)68-48-66-55(35-31-27-23-19-3)64-46-62(53)70-58(38-42-86(8,9)10)72(64)80-51-82-74(66)60(40-44-88(14,15)16)76(68)84-52-83-75(67)59(39-43-87(11,12)13)73(65)81-50-79-71(63)57(37-41-85(5,6)7)69(61)77-49-78-70/h45-48,53-56H,17-36,49-52H2,1-16H3. The number of unbranched alkanes of at least 4 members (excludes halogenated alkanes) is 12. The molecule has 12 heteroatoms. The molecule has 0 unspecified atom stereocenters. The molecule has 4 aromatic carbocycles. The van der Waals surface area contributed by atoms with E-state index in [9.17, 15) is 0 Å². The molecule has 472 valence electrons. The van der Waals surface area contributed by atoms with Gasteiger partial charge in [0.15, 0.2) is 0 Å². The fourth-order valence-electron chi connectivity index (χ4n) is 13.1. The third-order valence-corrected chi connectivity index (χ3v) is 20.9. The van der Waals surface area contributed by atoms with Crippen molar-refractivity contribution in [1.29, 1.82) is 0 Å². The molecule has 0 saturated heterocycles. The van der Waals surface area contributed by atoms with Gasteiger partial charge < -0.3 is 37.9 Å². The Morgan fingerprint density at radius 3 is 0.591 bits per heavy atom. The van der Waals surface area contributed by atoms with E-state index in [1.807, 2.05) is 0 Å². The minimum Gasteiger partial charge on any atom is -0.456 e. The Morgan fingerprint density at radius 2 is 0.443 bits per heavy atom. The van der Waals surface area contributed by atoms with Crippen molar-refractivity contribution in [3.05, 3.63) is 91.0 Å². The van der Waals surface area contributed by atoms with Gasteiger partial charge in [-0.25, -0.2) is 0 Å². The van der Waals surface area contributed by atoms with Crippen LogP contribution in [0, 0.1) is 45.9 Å². The summed E-state index contributed by atoms with van der Waals surface area (Å²) in [5.74, 6) is 20.6. The second-order valence-electron chi connectivity index (χ2n) is 29.6. The van der Waals surface area contributed by atoms with Crippen LogP contribution in [0.15, 0.2) is 24.3 Å². The van der Waals surface area contributed by atoms with Gasteiger partial charge in [-0.05, 0) is 49.9 Å². The molecule has 8 nitrogen and oxygen atoms in total. The summed E-state index contributed by atoms with van der Waals surface area (Å²) < 4.78 is 57.8. The zero-order valence-corrected chi connectivity index (χ0v) is 60.9. The molecule has 0 radical (unpaired) electrons. The Bertz CT molecular complexity index is 2860. The average Bonchev–Trinajstić information content (AvgIpc) is 0.956. The molecule has 0 amide bonds. The summed E-state index contributed by atoms with van der Waals surface area (Å²) in [4.78, 5) is 0. The molecule has 88 heavy (non-hydrogen) atoms. The van der Waals surface area contributed by atoms with E-state index in [0.717, 1.165) is 241 Å². The lowest BCUT2D eigenvalue weighted by molar-refractivity contribution is 0.0973. The second-order valence-corrected chi connectivity index (χ2v) is 48.6. The van der Waals surface area contributed by atoms with Crippen LogP contribution >= 0.6 is 0 Å². The van der Waals surface area contributed by atoms with E-state index in [0.29, 0.717) is 0 Å². The van der Waals surface area contributed by atoms with E-state index in [1.54, 1.807) is 0 Å². The predicted octanol–water partition coefficient (Wildman–Crippen LogP) is 20.2. The van der Waals surface area contributed by atoms with E-state index in [-0.39, 0.29) is 50.8 Å². The topological polar surface area (TPSA) is 73.8 Å². The van der Waals surface area contributed by atoms with Crippen molar-refractivity contribution in [2.24, 2.45) is 0 Å². The molecular formula is C76H104O8Si4. The lowest BCUT2D eigenvalue weighted by atomic mass is 9.74. The molecule has 1 aliphatic carbocycles. The highest BCUT2D eigenvalue weighted by molar-refractivity contribution is 6.85. The molecule has 4 aromatic rings. The van der Waals surface area contributed by atoms with Gasteiger partial charge in [0.25, 0.3) is 0 Å². The van der Waals surface area contributed by atoms with Crippen molar-refractivity contribution in [2.75, 3.05) is 27.2 Å². The Morgan fingerprint density at radius 1 is 0.273 bits per heavy atom. The Hall–Kier alpha value is -5.61. The van der Waals surface area contributed by atoms with Gasteiger partial charge in [-0.2, -0.15) is 0 Å². The number of ether oxygens (including phenoxy) is 8. The number of rotatable bonds is 20. The van der Waals surface area contributed by atoms with Crippen molar-refractivity contribution >= 4 is 32.3 Å². The molecule has 0 fully saturated rings. The second kappa shape index (κ2) is 29.1. The summed E-state index contributed by atoms with van der Waals surface area (Å²) in [5.41, 5.74) is 27.4. The van der Waals surface area contributed by atoms with Gasteiger partial charge in [0.1, 0.15) is 101 Å². The first-order valence-corrected chi connectivity index (χ1v) is 48.0. The van der Waals surface area contributed by atoms with Crippen LogP contribution in [0.4, 0.5) is 0 Å². The van der Waals surface area contributed by atoms with Crippen LogP contribution in [-0.2, 0) is 0 Å². The third-order valence-electron chi connectivity index (χ3n) is 17.4. The summed E-state index contributed by atoms with van der Waals surface area (Å²) in [6.07, 6.45) is 21.0. The van der Waals surface area contributed by atoms with Crippen LogP contribution in [0.25, 0.3) is 0 Å². The van der Waals surface area contributed by atoms with Crippen molar-refractivity contribution in [3.63, 3.8) is 0 Å². The molecule has 0 N–H and O–H groups in total. The molecule has 0 saturated carbocycles. The fourth-order valence-corrected chi connectivity index (χ4v) is 15.1. The third kappa shape index (κ3) is 15.9. The van der Waals surface area contributed by atoms with Crippen molar-refractivity contribution in [2.45, 2.75) is 258 Å². The summed E-state index contributed by atoms with van der Waals surface area (Å²) in [6.45, 7) is 36.7. The summed E-state index contributed by atoms with van der Waals surface area (Å²) in [6, 6.07) is 9.96. The van der Waals surface area contributed by atoms with Crippen LogP contribution in [0.3, 0.4) is 0 Å². The molecule has 8 bridgehead atoms. The van der Waals surface area contributed by atoms with Crippen molar-refractivity contribution < 1.29 is 37.9 Å². The van der Waals surface area contributed by atoms with Gasteiger partial charge in [-0.1, -0.05) is 233 Å². The molecular weight excluding hydrogens is 1150 g/mol. The maximum absolute atomic E-state index is 7.23. The van der Waals surface area contributed by atoms with Gasteiger partial charge in [-0.15, -0.1) is 22.2 Å². The van der Waals surface area contributed by atoms with Crippen LogP contribution in [0.1, 0.15) is 247 Å². The van der Waals surface area contributed by atoms with E-state index >= 15 is 0 Å². The summed E-state index contributed by atoms with van der Waals surface area (Å²) >= 11 is 0. The first-order valence-electron chi connectivity index (χ1n) is 34.0. The monoisotopic (exact) mass is 1260 g/mol. The molecule has 0 atom stereocenters. The lowest BCUT2D eigenvalue weighted by Gasteiger charge is -2.36. The zero-order valence-electron chi connectivity index (χ0n) is 56.9. The SMILES string of the molecule is CCCCCCC1c2cc3c4c(C#C[Si](C)(C)C)c2OCOc2c1cc1c(c2C#C[Si](C)(C)C)OCOc2c(cc5c(c2C#C[Si](C)(C)C)OCOc2c(cc(c(c2C#C[Si](C)(C)C)OCO4)C3CCCCCC)C5CCCCCC)C1CCCCCC. The first kappa shape index (κ1) is 66.8. The van der Waals surface area contributed by atoms with E-state index < -0.39 is 32.3 Å². The highest BCUT2D eigenvalue weighted by atomic mass is 28.3. The van der Waals surface area contributed by atoms with Crippen LogP contribution in [0.2, 0.25) is 78.6 Å². The lowest BCUT2D eigenvalue weighted by Crippen LogP contribution is -2.25. The fraction of sp³-hybridized carbons (Fsp3) is 0.579. The predicted molar refractivity (Wildman–Crippen MR) is 374 cm³/mol. The quantitative estimate of drug-likeness (QED) is 0.0492. The first-order chi connectivity index (χ1) is 42.0. The minimum absolute atomic E-state index is 0.0565. The molecule has 9 rings (SSSR count). The number of hydrogen-bond acceptors (Lipinski definition) is 8.